The van der Waals surface area contributed by atoms with Gasteiger partial charge in [-0.25, -0.2) is 0 Å². The van der Waals surface area contributed by atoms with Crippen molar-refractivity contribution in [3.05, 3.63) is 0 Å². The Morgan fingerprint density at radius 2 is 1.55 bits per heavy atom. The zero-order valence-corrected chi connectivity index (χ0v) is 7.60. The van der Waals surface area contributed by atoms with Gasteiger partial charge in [-0.3, -0.25) is 4.99 Å². The Bertz CT molecular complexity index is 127. The van der Waals surface area contributed by atoms with Crippen LogP contribution in [0.3, 0.4) is 0 Å². The van der Waals surface area contributed by atoms with Crippen LogP contribution in [0.4, 0.5) is 0 Å². The molecule has 1 heterocycles. The second-order valence-corrected chi connectivity index (χ2v) is 3.49. The molecule has 1 rings (SSSR count). The lowest BCUT2D eigenvalue weighted by molar-refractivity contribution is 0.596. The predicted octanol–water partition coefficient (Wildman–Crippen LogP) is 3.19. The number of rotatable bonds is 0. The van der Waals surface area contributed by atoms with Gasteiger partial charge in [-0.2, -0.15) is 0 Å². The van der Waals surface area contributed by atoms with E-state index in [1.54, 1.807) is 0 Å². The van der Waals surface area contributed by atoms with Crippen molar-refractivity contribution in [3.63, 3.8) is 0 Å². The zero-order valence-electron chi connectivity index (χ0n) is 7.60. The second-order valence-electron chi connectivity index (χ2n) is 3.49. The molecule has 0 aromatic carbocycles. The van der Waals surface area contributed by atoms with Crippen LogP contribution in [0.15, 0.2) is 4.99 Å². The van der Waals surface area contributed by atoms with Gasteiger partial charge in [-0.15, -0.1) is 0 Å². The third-order valence-corrected chi connectivity index (χ3v) is 2.33. The van der Waals surface area contributed by atoms with Crippen LogP contribution < -0.4 is 0 Å². The summed E-state index contributed by atoms with van der Waals surface area (Å²) in [5, 5.41) is 0. The number of nitrogens with zero attached hydrogens (tertiary/aromatic N) is 1. The summed E-state index contributed by atoms with van der Waals surface area (Å²) in [5.74, 6) is 0. The lowest BCUT2D eigenvalue weighted by Gasteiger charge is -2.05. The summed E-state index contributed by atoms with van der Waals surface area (Å²) >= 11 is 0. The lowest BCUT2D eigenvalue weighted by atomic mass is 10.1. The summed E-state index contributed by atoms with van der Waals surface area (Å²) in [4.78, 5) is 4.50. The third kappa shape index (κ3) is 4.18. The van der Waals surface area contributed by atoms with Gasteiger partial charge in [-0.1, -0.05) is 25.7 Å². The maximum absolute atomic E-state index is 4.50. The van der Waals surface area contributed by atoms with Gasteiger partial charge in [0.05, 0.1) is 0 Å². The normalized spacial score (nSPS) is 27.2. The van der Waals surface area contributed by atoms with E-state index in [2.05, 4.69) is 11.9 Å². The average molecular weight is 153 g/mol. The fourth-order valence-corrected chi connectivity index (χ4v) is 1.55. The summed E-state index contributed by atoms with van der Waals surface area (Å²) in [6.45, 7) is 3.24. The van der Waals surface area contributed by atoms with E-state index in [-0.39, 0.29) is 0 Å². The molecule has 0 aliphatic carbocycles. The van der Waals surface area contributed by atoms with Crippen molar-refractivity contribution in [2.24, 2.45) is 4.99 Å². The van der Waals surface area contributed by atoms with Crippen molar-refractivity contribution >= 4 is 5.71 Å². The Labute approximate surface area is 69.9 Å². The van der Waals surface area contributed by atoms with E-state index < -0.39 is 0 Å². The Morgan fingerprint density at radius 1 is 0.909 bits per heavy atom. The molecular formula is C10H19N. The van der Waals surface area contributed by atoms with Crippen molar-refractivity contribution in [2.45, 2.75) is 51.9 Å². The van der Waals surface area contributed by atoms with E-state index in [1.165, 1.54) is 50.7 Å². The first kappa shape index (κ1) is 8.76. The van der Waals surface area contributed by atoms with Crippen LogP contribution >= 0.6 is 0 Å². The van der Waals surface area contributed by atoms with Crippen molar-refractivity contribution in [1.29, 1.82) is 0 Å². The molecule has 0 bridgehead atoms. The molecule has 0 aromatic heterocycles. The van der Waals surface area contributed by atoms with Crippen molar-refractivity contribution in [3.8, 4) is 0 Å². The molecule has 1 heteroatoms. The third-order valence-electron chi connectivity index (χ3n) is 2.33. The van der Waals surface area contributed by atoms with E-state index in [4.69, 9.17) is 0 Å². The highest BCUT2D eigenvalue weighted by molar-refractivity contribution is 5.81. The van der Waals surface area contributed by atoms with Gasteiger partial charge in [0.15, 0.2) is 0 Å². The van der Waals surface area contributed by atoms with E-state index in [0.29, 0.717) is 0 Å². The minimum Gasteiger partial charge on any atom is -0.294 e. The second kappa shape index (κ2) is 5.34. The molecule has 0 saturated heterocycles. The fraction of sp³-hybridized carbons (Fsp3) is 0.900. The summed E-state index contributed by atoms with van der Waals surface area (Å²) in [6.07, 6.45) is 9.55. The first-order valence-electron chi connectivity index (χ1n) is 4.89. The topological polar surface area (TPSA) is 12.4 Å². The molecule has 1 aliphatic rings. The summed E-state index contributed by atoms with van der Waals surface area (Å²) in [7, 11) is 0. The lowest BCUT2D eigenvalue weighted by Crippen LogP contribution is -1.96. The highest BCUT2D eigenvalue weighted by atomic mass is 14.7. The van der Waals surface area contributed by atoms with Gasteiger partial charge in [0.25, 0.3) is 0 Å². The van der Waals surface area contributed by atoms with E-state index in [0.717, 1.165) is 6.54 Å². The molecule has 0 fully saturated rings. The van der Waals surface area contributed by atoms with Gasteiger partial charge in [-0.05, 0) is 26.2 Å². The summed E-state index contributed by atoms with van der Waals surface area (Å²) in [5.41, 5.74) is 1.37. The first-order chi connectivity index (χ1) is 5.39. The standard InChI is InChI=1S/C10H19N/c1-10-8-6-4-2-3-5-7-9-11-10/h2-9H2,1H3/b11-10-. The molecule has 1 aliphatic heterocycles. The van der Waals surface area contributed by atoms with E-state index in [1.807, 2.05) is 0 Å². The Kier molecular flexibility index (Phi) is 4.25. The van der Waals surface area contributed by atoms with Crippen molar-refractivity contribution in [1.82, 2.24) is 0 Å². The summed E-state index contributed by atoms with van der Waals surface area (Å²) < 4.78 is 0. The largest absolute Gasteiger partial charge is 0.294 e. The Balaban J connectivity index is 2.27. The molecule has 1 nitrogen and oxygen atoms in total. The molecule has 0 N–H and O–H groups in total. The maximum Gasteiger partial charge on any atom is 0.0388 e. The van der Waals surface area contributed by atoms with Crippen LogP contribution in [-0.4, -0.2) is 12.3 Å². The van der Waals surface area contributed by atoms with Gasteiger partial charge in [0.1, 0.15) is 0 Å². The molecule has 0 saturated carbocycles. The van der Waals surface area contributed by atoms with Crippen LogP contribution in [0.2, 0.25) is 0 Å². The van der Waals surface area contributed by atoms with Crippen molar-refractivity contribution in [2.75, 3.05) is 6.54 Å². The minimum atomic E-state index is 1.08. The Morgan fingerprint density at radius 3 is 2.36 bits per heavy atom. The highest BCUT2D eigenvalue weighted by Gasteiger charge is 1.96. The quantitative estimate of drug-likeness (QED) is 0.507. The molecule has 11 heavy (non-hydrogen) atoms. The molecular weight excluding hydrogens is 134 g/mol. The SMILES string of the molecule is C/C1=N/CCCCCCCC1. The maximum atomic E-state index is 4.50. The predicted molar refractivity (Wildman–Crippen MR) is 50.3 cm³/mol. The van der Waals surface area contributed by atoms with Crippen LogP contribution in [0.1, 0.15) is 51.9 Å². The monoisotopic (exact) mass is 153 g/mol. The van der Waals surface area contributed by atoms with Gasteiger partial charge < -0.3 is 0 Å². The molecule has 0 spiro atoms. The number of aliphatic imine (C=N–C) groups is 1. The minimum absolute atomic E-state index is 1.08. The van der Waals surface area contributed by atoms with Crippen LogP contribution in [0.5, 0.6) is 0 Å². The molecule has 0 atom stereocenters. The average Bonchev–Trinajstić information content (AvgIpc) is 2.03. The van der Waals surface area contributed by atoms with Gasteiger partial charge in [0.2, 0.25) is 0 Å². The Hall–Kier alpha value is -0.330. The van der Waals surface area contributed by atoms with Crippen LogP contribution in [-0.2, 0) is 0 Å². The molecule has 64 valence electrons. The van der Waals surface area contributed by atoms with Crippen molar-refractivity contribution < 1.29 is 0 Å². The summed E-state index contributed by atoms with van der Waals surface area (Å²) in [6, 6.07) is 0. The highest BCUT2D eigenvalue weighted by Crippen LogP contribution is 2.10. The van der Waals surface area contributed by atoms with Gasteiger partial charge >= 0.3 is 0 Å². The fourth-order valence-electron chi connectivity index (χ4n) is 1.55. The van der Waals surface area contributed by atoms with Crippen LogP contribution in [0.25, 0.3) is 0 Å². The number of hydrogen-bond donors (Lipinski definition) is 0. The smallest absolute Gasteiger partial charge is 0.0388 e. The first-order valence-corrected chi connectivity index (χ1v) is 4.89. The van der Waals surface area contributed by atoms with Crippen LogP contribution in [0, 0.1) is 0 Å². The molecule has 0 unspecified atom stereocenters. The molecule has 0 radical (unpaired) electrons. The van der Waals surface area contributed by atoms with E-state index in [9.17, 15) is 0 Å². The zero-order chi connectivity index (χ0) is 7.94. The van der Waals surface area contributed by atoms with Gasteiger partial charge in [0, 0.05) is 12.3 Å². The van der Waals surface area contributed by atoms with E-state index >= 15 is 0 Å². The number of hydrogen-bond acceptors (Lipinski definition) is 1. The molecule has 0 aromatic rings. The molecule has 0 amide bonds.